The van der Waals surface area contributed by atoms with Gasteiger partial charge in [-0.3, -0.25) is 13.9 Å². The van der Waals surface area contributed by atoms with Crippen molar-refractivity contribution in [2.24, 2.45) is 12.8 Å². The first-order chi connectivity index (χ1) is 15.5. The Morgan fingerprint density at radius 1 is 1.28 bits per heavy atom. The van der Waals surface area contributed by atoms with E-state index in [1.165, 1.54) is 4.57 Å². The quantitative estimate of drug-likeness (QED) is 0.490. The van der Waals surface area contributed by atoms with E-state index in [9.17, 15) is 14.9 Å². The number of nitrogens with zero attached hydrogens (tertiary/aromatic N) is 6. The number of piperidine rings is 1. The Kier molecular flexibility index (Phi) is 4.75. The number of nitrogens with one attached hydrogen (secondary N) is 1. The summed E-state index contributed by atoms with van der Waals surface area (Å²) in [6, 6.07) is 11.3. The number of nitrogens with two attached hydrogens (primary N) is 1. The van der Waals surface area contributed by atoms with E-state index in [1.807, 2.05) is 29.2 Å². The SMILES string of the molecule is Cn1c(=O)n(Cc2nc3ccccc3cc2C#N)c(=O)c2[nH]c(N3CCC[C@@H](N)C3)nc21. The summed E-state index contributed by atoms with van der Waals surface area (Å²) >= 11 is 0. The Balaban J connectivity index is 1.62. The van der Waals surface area contributed by atoms with Gasteiger partial charge >= 0.3 is 5.69 Å². The van der Waals surface area contributed by atoms with Gasteiger partial charge in [-0.2, -0.15) is 10.2 Å². The maximum absolute atomic E-state index is 13.3. The summed E-state index contributed by atoms with van der Waals surface area (Å²) in [6.07, 6.45) is 1.88. The molecule has 1 aliphatic heterocycles. The molecule has 3 aromatic heterocycles. The molecule has 1 aromatic carbocycles. The van der Waals surface area contributed by atoms with Gasteiger partial charge in [0.25, 0.3) is 5.56 Å². The maximum Gasteiger partial charge on any atom is 0.332 e. The molecule has 10 heteroatoms. The van der Waals surface area contributed by atoms with Gasteiger partial charge in [0.15, 0.2) is 11.2 Å². The van der Waals surface area contributed by atoms with Crippen molar-refractivity contribution >= 4 is 28.0 Å². The zero-order valence-corrected chi connectivity index (χ0v) is 17.6. The average molecular weight is 430 g/mol. The lowest BCUT2D eigenvalue weighted by Gasteiger charge is -2.30. The predicted octanol–water partition coefficient (Wildman–Crippen LogP) is 0.819. The minimum Gasteiger partial charge on any atom is -0.341 e. The van der Waals surface area contributed by atoms with Crippen LogP contribution in [0.5, 0.6) is 0 Å². The molecule has 32 heavy (non-hydrogen) atoms. The number of aryl methyl sites for hydroxylation is 1. The molecule has 10 nitrogen and oxygen atoms in total. The molecule has 0 unspecified atom stereocenters. The van der Waals surface area contributed by atoms with Gasteiger partial charge in [0, 0.05) is 31.6 Å². The summed E-state index contributed by atoms with van der Waals surface area (Å²) in [5.74, 6) is 0.529. The van der Waals surface area contributed by atoms with Crippen LogP contribution in [0.4, 0.5) is 5.95 Å². The molecule has 0 radical (unpaired) electrons. The number of para-hydroxylation sites is 1. The monoisotopic (exact) mass is 430 g/mol. The number of nitriles is 1. The molecule has 0 saturated carbocycles. The van der Waals surface area contributed by atoms with Crippen LogP contribution in [0.2, 0.25) is 0 Å². The van der Waals surface area contributed by atoms with Crippen LogP contribution in [0, 0.1) is 11.3 Å². The molecule has 1 aliphatic rings. The fraction of sp³-hybridized carbons (Fsp3) is 0.318. The van der Waals surface area contributed by atoms with Crippen molar-refractivity contribution in [3.63, 3.8) is 0 Å². The van der Waals surface area contributed by atoms with E-state index in [0.717, 1.165) is 29.3 Å². The highest BCUT2D eigenvalue weighted by molar-refractivity contribution is 5.80. The summed E-state index contributed by atoms with van der Waals surface area (Å²) in [5, 5.41) is 10.4. The molecular formula is C22H22N8O2. The molecule has 162 valence electrons. The normalized spacial score (nSPS) is 16.5. The van der Waals surface area contributed by atoms with Crippen molar-refractivity contribution < 1.29 is 0 Å². The van der Waals surface area contributed by atoms with Gasteiger partial charge in [-0.15, -0.1) is 0 Å². The van der Waals surface area contributed by atoms with E-state index < -0.39 is 11.2 Å². The number of hydrogen-bond acceptors (Lipinski definition) is 7. The lowest BCUT2D eigenvalue weighted by atomic mass is 10.1. The molecule has 5 rings (SSSR count). The first-order valence-corrected chi connectivity index (χ1v) is 10.4. The fourth-order valence-corrected chi connectivity index (χ4v) is 4.25. The Morgan fingerprint density at radius 3 is 2.88 bits per heavy atom. The van der Waals surface area contributed by atoms with Gasteiger partial charge in [-0.25, -0.2) is 9.78 Å². The molecule has 3 N–H and O–H groups in total. The number of pyridine rings is 1. The zero-order valence-electron chi connectivity index (χ0n) is 17.6. The van der Waals surface area contributed by atoms with Crippen LogP contribution in [0.15, 0.2) is 39.9 Å². The second kappa shape index (κ2) is 7.62. The van der Waals surface area contributed by atoms with Crippen molar-refractivity contribution in [2.75, 3.05) is 18.0 Å². The molecule has 0 amide bonds. The van der Waals surface area contributed by atoms with E-state index in [0.29, 0.717) is 29.3 Å². The molecule has 0 spiro atoms. The van der Waals surface area contributed by atoms with Crippen LogP contribution in [0.25, 0.3) is 22.1 Å². The highest BCUT2D eigenvalue weighted by atomic mass is 16.2. The number of aromatic nitrogens is 5. The largest absolute Gasteiger partial charge is 0.341 e. The third-order valence-corrected chi connectivity index (χ3v) is 5.96. The molecule has 1 atom stereocenters. The lowest BCUT2D eigenvalue weighted by molar-refractivity contribution is 0.501. The van der Waals surface area contributed by atoms with Gasteiger partial charge in [-0.1, -0.05) is 18.2 Å². The van der Waals surface area contributed by atoms with Crippen molar-refractivity contribution in [3.8, 4) is 6.07 Å². The third-order valence-electron chi connectivity index (χ3n) is 5.96. The summed E-state index contributed by atoms with van der Waals surface area (Å²) < 4.78 is 2.43. The van der Waals surface area contributed by atoms with Gasteiger partial charge < -0.3 is 15.6 Å². The third kappa shape index (κ3) is 3.23. The fourth-order valence-electron chi connectivity index (χ4n) is 4.25. The number of benzene rings is 1. The molecular weight excluding hydrogens is 408 g/mol. The number of rotatable bonds is 3. The van der Waals surface area contributed by atoms with Crippen molar-refractivity contribution in [3.05, 3.63) is 62.4 Å². The molecule has 1 fully saturated rings. The van der Waals surface area contributed by atoms with Gasteiger partial charge in [-0.05, 0) is 25.0 Å². The maximum atomic E-state index is 13.3. The van der Waals surface area contributed by atoms with E-state index in [2.05, 4.69) is 21.0 Å². The van der Waals surface area contributed by atoms with Crippen LogP contribution in [-0.2, 0) is 13.6 Å². The Hall–Kier alpha value is -3.97. The number of anilines is 1. The van der Waals surface area contributed by atoms with E-state index in [4.69, 9.17) is 5.73 Å². The number of H-pyrrole nitrogens is 1. The molecule has 1 saturated heterocycles. The van der Waals surface area contributed by atoms with E-state index in [-0.39, 0.29) is 23.8 Å². The summed E-state index contributed by atoms with van der Waals surface area (Å²) in [4.78, 5) is 40.4. The second-order valence-electron chi connectivity index (χ2n) is 8.13. The number of imidazole rings is 1. The van der Waals surface area contributed by atoms with Crippen molar-refractivity contribution in [1.29, 1.82) is 5.26 Å². The average Bonchev–Trinajstić information content (AvgIpc) is 3.26. The summed E-state index contributed by atoms with van der Waals surface area (Å²) in [6.45, 7) is 1.30. The highest BCUT2D eigenvalue weighted by Gasteiger charge is 2.23. The van der Waals surface area contributed by atoms with Crippen LogP contribution in [-0.4, -0.2) is 43.2 Å². The highest BCUT2D eigenvalue weighted by Crippen LogP contribution is 2.19. The Morgan fingerprint density at radius 2 is 2.09 bits per heavy atom. The Labute approximate surface area is 182 Å². The first-order valence-electron chi connectivity index (χ1n) is 10.4. The summed E-state index contributed by atoms with van der Waals surface area (Å²) in [7, 11) is 1.58. The predicted molar refractivity (Wildman–Crippen MR) is 121 cm³/mol. The molecule has 0 aliphatic carbocycles. The smallest absolute Gasteiger partial charge is 0.332 e. The van der Waals surface area contributed by atoms with Gasteiger partial charge in [0.2, 0.25) is 5.95 Å². The Bertz CT molecular complexity index is 1510. The minimum absolute atomic E-state index is 0.0424. The van der Waals surface area contributed by atoms with E-state index in [1.54, 1.807) is 13.1 Å². The van der Waals surface area contributed by atoms with Crippen molar-refractivity contribution in [2.45, 2.75) is 25.4 Å². The van der Waals surface area contributed by atoms with Gasteiger partial charge in [0.1, 0.15) is 6.07 Å². The van der Waals surface area contributed by atoms with Crippen LogP contribution >= 0.6 is 0 Å². The number of aromatic amines is 1. The topological polar surface area (TPSA) is 139 Å². The zero-order chi connectivity index (χ0) is 22.4. The molecule has 4 heterocycles. The van der Waals surface area contributed by atoms with Gasteiger partial charge in [0.05, 0.1) is 23.3 Å². The standard InChI is InChI=1S/C22H22N8O2/c1-28-19-18(26-21(27-19)29-8-4-6-15(24)11-29)20(31)30(22(28)32)12-17-14(10-23)9-13-5-2-3-7-16(13)25-17/h2-3,5,7,9,15H,4,6,8,11-12,24H2,1H3,(H,26,27)/t15-/m1/s1. The number of fused-ring (bicyclic) bond motifs is 2. The molecule has 4 aromatic rings. The van der Waals surface area contributed by atoms with Crippen molar-refractivity contribution in [1.82, 2.24) is 24.1 Å². The molecule has 0 bridgehead atoms. The van der Waals surface area contributed by atoms with Crippen LogP contribution in [0.1, 0.15) is 24.1 Å². The minimum atomic E-state index is -0.519. The van der Waals surface area contributed by atoms with E-state index >= 15 is 0 Å². The second-order valence-corrected chi connectivity index (χ2v) is 8.13. The summed E-state index contributed by atoms with van der Waals surface area (Å²) in [5.41, 5.74) is 6.97. The van der Waals surface area contributed by atoms with Crippen LogP contribution in [0.3, 0.4) is 0 Å². The lowest BCUT2D eigenvalue weighted by Crippen LogP contribution is -2.43. The van der Waals surface area contributed by atoms with Crippen LogP contribution < -0.4 is 21.9 Å². The number of hydrogen-bond donors (Lipinski definition) is 2. The first kappa shape index (κ1) is 20.0.